The largest absolute Gasteiger partial charge is 0.370 e. The summed E-state index contributed by atoms with van der Waals surface area (Å²) in [6, 6.07) is 7.27. The predicted octanol–water partition coefficient (Wildman–Crippen LogP) is 2.06. The fraction of sp³-hybridized carbons (Fsp3) is 0.526. The van der Waals surface area contributed by atoms with Gasteiger partial charge in [0, 0.05) is 5.69 Å². The predicted molar refractivity (Wildman–Crippen MR) is 103 cm³/mol. The number of carbonyl (C=O) groups is 1. The molecule has 0 aromatic heterocycles. The molecule has 4 saturated carbocycles. The van der Waals surface area contributed by atoms with Crippen molar-refractivity contribution in [3.63, 3.8) is 0 Å². The Balaban J connectivity index is 1.50. The first-order valence-corrected chi connectivity index (χ1v) is 9.27. The molecule has 5 rings (SSSR count). The van der Waals surface area contributed by atoms with E-state index in [1.807, 2.05) is 12.1 Å². The van der Waals surface area contributed by atoms with Crippen LogP contribution in [0.2, 0.25) is 0 Å². The Morgan fingerprint density at radius 1 is 1.04 bits per heavy atom. The minimum atomic E-state index is -0.175. The van der Waals surface area contributed by atoms with Gasteiger partial charge in [-0.3, -0.25) is 4.79 Å². The fourth-order valence-electron chi connectivity index (χ4n) is 5.60. The first-order chi connectivity index (χ1) is 12.4. The van der Waals surface area contributed by atoms with Crippen molar-refractivity contribution in [2.24, 2.45) is 50.4 Å². The smallest absolute Gasteiger partial charge is 0.230 e. The van der Waals surface area contributed by atoms with Crippen molar-refractivity contribution in [3.8, 4) is 0 Å². The number of aliphatic imine (C=N–C) groups is 2. The number of anilines is 1. The monoisotopic (exact) mass is 354 g/mol. The summed E-state index contributed by atoms with van der Waals surface area (Å²) in [5, 5.41) is 3.12. The van der Waals surface area contributed by atoms with Crippen molar-refractivity contribution in [3.05, 3.63) is 24.3 Å². The first kappa shape index (κ1) is 16.9. The molecule has 4 aliphatic carbocycles. The number of benzene rings is 1. The average Bonchev–Trinajstić information content (AvgIpc) is 2.53. The number of hydrogen-bond acceptors (Lipinski definition) is 2. The van der Waals surface area contributed by atoms with Gasteiger partial charge in [-0.1, -0.05) is 6.07 Å². The Labute approximate surface area is 153 Å². The van der Waals surface area contributed by atoms with Gasteiger partial charge in [0.05, 0.1) is 11.1 Å². The van der Waals surface area contributed by atoms with E-state index in [4.69, 9.17) is 17.2 Å². The lowest BCUT2D eigenvalue weighted by Gasteiger charge is -2.55. The van der Waals surface area contributed by atoms with E-state index < -0.39 is 0 Å². The van der Waals surface area contributed by atoms with Gasteiger partial charge in [0.1, 0.15) is 0 Å². The van der Waals surface area contributed by atoms with Gasteiger partial charge in [0.2, 0.25) is 11.9 Å². The van der Waals surface area contributed by atoms with Crippen LogP contribution < -0.4 is 22.5 Å². The van der Waals surface area contributed by atoms with Gasteiger partial charge in [-0.2, -0.15) is 4.99 Å². The third kappa shape index (κ3) is 3.25. The Hall–Kier alpha value is -2.57. The molecule has 1 aromatic rings. The SMILES string of the molecule is NC(N)=NC(N)=Nc1cccc(NC(=O)C23CC4CC(CC(C4)C2)C3)c1. The zero-order chi connectivity index (χ0) is 18.3. The molecule has 138 valence electrons. The van der Waals surface area contributed by atoms with Gasteiger partial charge < -0.3 is 22.5 Å². The number of guanidine groups is 2. The lowest BCUT2D eigenvalue weighted by atomic mass is 9.49. The third-order valence-electron chi connectivity index (χ3n) is 6.11. The fourth-order valence-corrected chi connectivity index (χ4v) is 5.60. The van der Waals surface area contributed by atoms with E-state index >= 15 is 0 Å². The summed E-state index contributed by atoms with van der Waals surface area (Å²) < 4.78 is 0. The maximum Gasteiger partial charge on any atom is 0.230 e. The van der Waals surface area contributed by atoms with E-state index in [-0.39, 0.29) is 23.2 Å². The minimum absolute atomic E-state index is 0.0189. The number of rotatable bonds is 3. The standard InChI is InChI=1S/C19H26N6O/c20-17(21)25-18(22)24-15-3-1-2-14(7-15)23-16(26)19-8-11-4-12(9-19)6-13(5-11)10-19/h1-3,7,11-13H,4-6,8-10H2,(H,23,26)(H6,20,21,22,24,25). The summed E-state index contributed by atoms with van der Waals surface area (Å²) in [7, 11) is 0. The third-order valence-corrected chi connectivity index (χ3v) is 6.11. The molecule has 0 heterocycles. The van der Waals surface area contributed by atoms with Crippen molar-refractivity contribution < 1.29 is 4.79 Å². The van der Waals surface area contributed by atoms with E-state index in [2.05, 4.69) is 15.3 Å². The minimum Gasteiger partial charge on any atom is -0.370 e. The van der Waals surface area contributed by atoms with Crippen molar-refractivity contribution in [1.29, 1.82) is 0 Å². The van der Waals surface area contributed by atoms with Crippen LogP contribution >= 0.6 is 0 Å². The maximum absolute atomic E-state index is 13.1. The summed E-state index contributed by atoms with van der Waals surface area (Å²) in [6.45, 7) is 0. The van der Waals surface area contributed by atoms with Gasteiger partial charge in [0.15, 0.2) is 5.96 Å². The lowest BCUT2D eigenvalue weighted by Crippen LogP contribution is -2.51. The molecule has 4 aliphatic rings. The molecule has 1 amide bonds. The number of nitrogens with two attached hydrogens (primary N) is 3. The van der Waals surface area contributed by atoms with Crippen molar-refractivity contribution in [2.75, 3.05) is 5.32 Å². The molecule has 1 aromatic carbocycles. The summed E-state index contributed by atoms with van der Waals surface area (Å²) in [6.07, 6.45) is 7.09. The van der Waals surface area contributed by atoms with Crippen LogP contribution in [0, 0.1) is 23.2 Å². The highest BCUT2D eigenvalue weighted by Gasteiger charge is 2.54. The van der Waals surface area contributed by atoms with Crippen LogP contribution in [-0.4, -0.2) is 17.8 Å². The summed E-state index contributed by atoms with van der Waals surface area (Å²) in [5.74, 6) is 2.22. The molecule has 26 heavy (non-hydrogen) atoms. The topological polar surface area (TPSA) is 132 Å². The normalized spacial score (nSPS) is 32.3. The Morgan fingerprint density at radius 3 is 2.23 bits per heavy atom. The highest BCUT2D eigenvalue weighted by molar-refractivity contribution is 5.96. The summed E-state index contributed by atoms with van der Waals surface area (Å²) >= 11 is 0. The maximum atomic E-state index is 13.1. The second kappa shape index (κ2) is 6.30. The molecule has 7 N–H and O–H groups in total. The van der Waals surface area contributed by atoms with Gasteiger partial charge in [-0.25, -0.2) is 4.99 Å². The van der Waals surface area contributed by atoms with Crippen LogP contribution in [-0.2, 0) is 4.79 Å². The van der Waals surface area contributed by atoms with E-state index in [0.717, 1.165) is 42.7 Å². The highest BCUT2D eigenvalue weighted by Crippen LogP contribution is 2.60. The van der Waals surface area contributed by atoms with Gasteiger partial charge >= 0.3 is 0 Å². The van der Waals surface area contributed by atoms with E-state index in [1.54, 1.807) is 12.1 Å². The van der Waals surface area contributed by atoms with Gasteiger partial charge in [-0.05, 0) is 74.5 Å². The molecule has 4 bridgehead atoms. The molecule has 0 aliphatic heterocycles. The van der Waals surface area contributed by atoms with Crippen LogP contribution in [0.5, 0.6) is 0 Å². The van der Waals surface area contributed by atoms with Crippen LogP contribution in [0.25, 0.3) is 0 Å². The number of amides is 1. The van der Waals surface area contributed by atoms with Crippen LogP contribution in [0.15, 0.2) is 34.3 Å². The molecular formula is C19H26N6O. The number of nitrogens with zero attached hydrogens (tertiary/aromatic N) is 2. The van der Waals surface area contributed by atoms with Crippen molar-refractivity contribution in [1.82, 2.24) is 0 Å². The molecular weight excluding hydrogens is 328 g/mol. The summed E-state index contributed by atoms with van der Waals surface area (Å²) in [5.41, 5.74) is 17.4. The Bertz CT molecular complexity index is 745. The van der Waals surface area contributed by atoms with Gasteiger partial charge in [-0.15, -0.1) is 0 Å². The molecule has 7 nitrogen and oxygen atoms in total. The van der Waals surface area contributed by atoms with E-state index in [9.17, 15) is 4.79 Å². The molecule has 0 radical (unpaired) electrons. The van der Waals surface area contributed by atoms with Crippen molar-refractivity contribution in [2.45, 2.75) is 38.5 Å². The van der Waals surface area contributed by atoms with Crippen molar-refractivity contribution >= 4 is 29.2 Å². The highest BCUT2D eigenvalue weighted by atomic mass is 16.2. The molecule has 4 fully saturated rings. The van der Waals surface area contributed by atoms with E-state index in [1.165, 1.54) is 19.3 Å². The number of carbonyl (C=O) groups excluding carboxylic acids is 1. The second-order valence-corrected chi connectivity index (χ2v) is 8.21. The molecule has 0 saturated heterocycles. The van der Waals surface area contributed by atoms with Crippen LogP contribution in [0.4, 0.5) is 11.4 Å². The first-order valence-electron chi connectivity index (χ1n) is 9.27. The second-order valence-electron chi connectivity index (χ2n) is 8.21. The van der Waals surface area contributed by atoms with Crippen LogP contribution in [0.1, 0.15) is 38.5 Å². The number of hydrogen-bond donors (Lipinski definition) is 4. The van der Waals surface area contributed by atoms with E-state index in [0.29, 0.717) is 5.69 Å². The lowest BCUT2D eigenvalue weighted by molar-refractivity contribution is -0.140. The molecule has 7 heteroatoms. The van der Waals surface area contributed by atoms with Crippen LogP contribution in [0.3, 0.4) is 0 Å². The van der Waals surface area contributed by atoms with Gasteiger partial charge in [0.25, 0.3) is 0 Å². The zero-order valence-corrected chi connectivity index (χ0v) is 14.8. The molecule has 0 unspecified atom stereocenters. The molecule has 0 atom stereocenters. The Kier molecular flexibility index (Phi) is 4.09. The quantitative estimate of drug-likeness (QED) is 0.488. The molecule has 0 spiro atoms. The average molecular weight is 354 g/mol. The zero-order valence-electron chi connectivity index (χ0n) is 14.8. The number of nitrogens with one attached hydrogen (secondary N) is 1. The summed E-state index contributed by atoms with van der Waals surface area (Å²) in [4.78, 5) is 21.0. The Morgan fingerprint density at radius 2 is 1.65 bits per heavy atom.